The molecule has 0 heterocycles. The van der Waals surface area contributed by atoms with Crippen molar-refractivity contribution in [1.29, 1.82) is 0 Å². The van der Waals surface area contributed by atoms with Crippen molar-refractivity contribution in [2.75, 3.05) is 14.2 Å². The molecule has 13 heavy (non-hydrogen) atoms. The van der Waals surface area contributed by atoms with Gasteiger partial charge in [-0.05, 0) is 0 Å². The first kappa shape index (κ1) is 16.2. The van der Waals surface area contributed by atoms with Crippen LogP contribution in [0.4, 0.5) is 0 Å². The van der Waals surface area contributed by atoms with Crippen molar-refractivity contribution >= 4 is 30.2 Å². The molecule has 0 aliphatic rings. The van der Waals surface area contributed by atoms with Crippen molar-refractivity contribution in [1.82, 2.24) is 0 Å². The van der Waals surface area contributed by atoms with Gasteiger partial charge in [0.2, 0.25) is 0 Å². The number of hydrogen-bond acceptors (Lipinski definition) is 3. The molecule has 0 atom stereocenters. The molecule has 0 saturated heterocycles. The number of hydrogen-bond donors (Lipinski definition) is 0. The van der Waals surface area contributed by atoms with E-state index in [1.807, 2.05) is 0 Å². The van der Waals surface area contributed by atoms with E-state index >= 15 is 0 Å². The van der Waals surface area contributed by atoms with Crippen LogP contribution in [0, 0.1) is 0 Å². The van der Waals surface area contributed by atoms with Crippen LogP contribution >= 0.6 is 0 Å². The van der Waals surface area contributed by atoms with Crippen LogP contribution in [-0.4, -0.2) is 44.4 Å². The monoisotopic (exact) mass is 314 g/mol. The van der Waals surface area contributed by atoms with E-state index in [1.165, 1.54) is 0 Å². The van der Waals surface area contributed by atoms with Crippen LogP contribution in [0.25, 0.3) is 0 Å². The Labute approximate surface area is 91.6 Å². The van der Waals surface area contributed by atoms with E-state index in [9.17, 15) is 3.02 Å². The SMILES string of the molecule is CO[SiH]OC.C[CH](C)[Sb](=[O])[CH](C)C. The summed E-state index contributed by atoms with van der Waals surface area (Å²) >= 11 is -1.99. The molecule has 2 radical (unpaired) electrons. The van der Waals surface area contributed by atoms with Crippen molar-refractivity contribution in [3.05, 3.63) is 0 Å². The topological polar surface area (TPSA) is 35.5 Å². The molecule has 0 aliphatic carbocycles. The molecule has 0 fully saturated rings. The Morgan fingerprint density at radius 1 is 1.00 bits per heavy atom. The molecule has 0 spiro atoms. The molecule has 5 heteroatoms. The second kappa shape index (κ2) is 10.8. The summed E-state index contributed by atoms with van der Waals surface area (Å²) in [6, 6.07) is 0. The summed E-state index contributed by atoms with van der Waals surface area (Å²) in [5.41, 5.74) is 0. The molecule has 0 aromatic heterocycles. The Kier molecular flexibility index (Phi) is 13.5. The molecule has 0 saturated carbocycles. The molecule has 80 valence electrons. The zero-order valence-corrected chi connectivity index (χ0v) is 13.1. The standard InChI is InChI=1S/2C3H7.C2H7O2Si.O.Sb/c2*1-3-2;1-3-5-4-2;;/h2*3H,1-2H3;5H,1-2H3;;. The third-order valence-corrected chi connectivity index (χ3v) is 7.41. The Morgan fingerprint density at radius 3 is 1.31 bits per heavy atom. The molecule has 0 aromatic rings. The number of rotatable bonds is 4. The molecule has 0 aromatic carbocycles. The van der Waals surface area contributed by atoms with Crippen LogP contribution in [-0.2, 0) is 11.9 Å². The van der Waals surface area contributed by atoms with E-state index in [2.05, 4.69) is 36.5 Å². The molecular weight excluding hydrogens is 294 g/mol. The van der Waals surface area contributed by atoms with E-state index in [4.69, 9.17) is 0 Å². The maximum absolute atomic E-state index is 11.1. The van der Waals surface area contributed by atoms with E-state index < -0.39 is 20.2 Å². The summed E-state index contributed by atoms with van der Waals surface area (Å²) in [5, 5.41) is 0. The summed E-state index contributed by atoms with van der Waals surface area (Å²) < 4.78 is 21.2. The first-order valence-electron chi connectivity index (χ1n) is 4.30. The first-order chi connectivity index (χ1) is 5.97. The molecule has 0 amide bonds. The third kappa shape index (κ3) is 12.8. The van der Waals surface area contributed by atoms with Gasteiger partial charge < -0.3 is 8.85 Å². The van der Waals surface area contributed by atoms with Gasteiger partial charge in [0.25, 0.3) is 0 Å². The minimum absolute atomic E-state index is 0.185. The predicted molar refractivity (Wildman–Crippen MR) is 57.8 cm³/mol. The molecule has 0 bridgehead atoms. The maximum atomic E-state index is 11.1. The van der Waals surface area contributed by atoms with Gasteiger partial charge in [0.1, 0.15) is 0 Å². The van der Waals surface area contributed by atoms with E-state index in [1.54, 1.807) is 14.2 Å². The fraction of sp³-hybridized carbons (Fsp3) is 1.00. The van der Waals surface area contributed by atoms with Crippen LogP contribution < -0.4 is 0 Å². The predicted octanol–water partition coefficient (Wildman–Crippen LogP) is 1.77. The Bertz CT molecular complexity index is 117. The first-order valence-corrected chi connectivity index (χ1v) is 9.23. The van der Waals surface area contributed by atoms with E-state index in [0.29, 0.717) is 7.73 Å². The summed E-state index contributed by atoms with van der Waals surface area (Å²) in [5.74, 6) is 0. The quantitative estimate of drug-likeness (QED) is 0.742. The van der Waals surface area contributed by atoms with Crippen LogP contribution in [0.15, 0.2) is 0 Å². The normalized spacial score (nSPS) is 9.85. The van der Waals surface area contributed by atoms with E-state index in [0.717, 1.165) is 0 Å². The van der Waals surface area contributed by atoms with Gasteiger partial charge in [0, 0.05) is 14.2 Å². The van der Waals surface area contributed by atoms with Gasteiger partial charge in [-0.15, -0.1) is 0 Å². The van der Waals surface area contributed by atoms with Crippen molar-refractivity contribution in [2.24, 2.45) is 0 Å². The Balaban J connectivity index is 0. The summed E-state index contributed by atoms with van der Waals surface area (Å²) in [4.78, 5) is 0. The Hall–Kier alpha value is 0.755. The molecule has 0 rings (SSSR count). The third-order valence-electron chi connectivity index (χ3n) is 1.21. The van der Waals surface area contributed by atoms with Crippen molar-refractivity contribution < 1.29 is 11.9 Å². The zero-order valence-electron chi connectivity index (χ0n) is 9.40. The second-order valence-electron chi connectivity index (χ2n) is 3.12. The van der Waals surface area contributed by atoms with Gasteiger partial charge in [-0.25, -0.2) is 0 Å². The summed E-state index contributed by atoms with van der Waals surface area (Å²) in [7, 11) is 3.06. The minimum atomic E-state index is -1.99. The molecule has 0 unspecified atom stereocenters. The second-order valence-corrected chi connectivity index (χ2v) is 12.2. The van der Waals surface area contributed by atoms with Crippen LogP contribution in [0.3, 0.4) is 0 Å². The average Bonchev–Trinajstić information content (AvgIpc) is 2.05. The van der Waals surface area contributed by atoms with Crippen LogP contribution in [0.2, 0.25) is 7.73 Å². The fourth-order valence-corrected chi connectivity index (χ4v) is 4.29. The molecule has 0 N–H and O–H groups in total. The summed E-state index contributed by atoms with van der Waals surface area (Å²) in [6.07, 6.45) is 0. The molecular formula is C8H21O3SbSi. The van der Waals surface area contributed by atoms with Crippen molar-refractivity contribution in [3.8, 4) is 0 Å². The Morgan fingerprint density at radius 2 is 1.31 bits per heavy atom. The molecule has 3 nitrogen and oxygen atoms in total. The van der Waals surface area contributed by atoms with Gasteiger partial charge in [-0.1, -0.05) is 0 Å². The fourth-order valence-electron chi connectivity index (χ4n) is 0.693. The van der Waals surface area contributed by atoms with Gasteiger partial charge in [-0.2, -0.15) is 0 Å². The summed E-state index contributed by atoms with van der Waals surface area (Å²) in [6.45, 7) is 8.21. The van der Waals surface area contributed by atoms with Gasteiger partial charge in [0.15, 0.2) is 0 Å². The zero-order chi connectivity index (χ0) is 10.9. The molecule has 0 aliphatic heterocycles. The van der Waals surface area contributed by atoms with Gasteiger partial charge in [-0.3, -0.25) is 0 Å². The van der Waals surface area contributed by atoms with Gasteiger partial charge in [0.05, 0.1) is 0 Å². The van der Waals surface area contributed by atoms with Crippen LogP contribution in [0.5, 0.6) is 0 Å². The average molecular weight is 315 g/mol. The van der Waals surface area contributed by atoms with Crippen molar-refractivity contribution in [2.45, 2.75) is 35.4 Å². The van der Waals surface area contributed by atoms with Gasteiger partial charge >= 0.3 is 68.6 Å². The van der Waals surface area contributed by atoms with E-state index in [-0.39, 0.29) is 10.0 Å². The van der Waals surface area contributed by atoms with Crippen LogP contribution in [0.1, 0.15) is 27.7 Å². The van der Waals surface area contributed by atoms with Crippen molar-refractivity contribution in [3.63, 3.8) is 0 Å².